The SMILES string of the molecule is CCCC1(C)N=C(c2ccc(F)cc2)c2ccc(NS(=O)[O-])cc2O1. The van der Waals surface area contributed by atoms with Crippen molar-refractivity contribution in [2.75, 3.05) is 4.72 Å². The number of halogens is 1. The molecule has 0 saturated carbocycles. The molecule has 2 aromatic carbocycles. The molecule has 1 heterocycles. The minimum Gasteiger partial charge on any atom is -0.755 e. The Kier molecular flexibility index (Phi) is 4.87. The van der Waals surface area contributed by atoms with Gasteiger partial charge in [0, 0.05) is 40.6 Å². The van der Waals surface area contributed by atoms with Gasteiger partial charge in [-0.2, -0.15) is 0 Å². The van der Waals surface area contributed by atoms with E-state index in [1.54, 1.807) is 30.3 Å². The molecule has 3 rings (SSSR count). The number of benzene rings is 2. The Balaban J connectivity index is 2.10. The van der Waals surface area contributed by atoms with Crippen molar-refractivity contribution in [2.24, 2.45) is 4.99 Å². The van der Waals surface area contributed by atoms with Crippen LogP contribution in [0.3, 0.4) is 0 Å². The maximum atomic E-state index is 13.3. The van der Waals surface area contributed by atoms with E-state index in [-0.39, 0.29) is 5.82 Å². The Hall–Kier alpha value is -2.25. The number of anilines is 1. The molecule has 7 heteroatoms. The third-order valence-corrected chi connectivity index (χ3v) is 4.35. The van der Waals surface area contributed by atoms with Crippen molar-refractivity contribution in [2.45, 2.75) is 32.4 Å². The van der Waals surface area contributed by atoms with E-state index in [0.717, 1.165) is 17.5 Å². The molecule has 1 aliphatic rings. The van der Waals surface area contributed by atoms with E-state index in [4.69, 9.17) is 9.73 Å². The molecule has 1 N–H and O–H groups in total. The molecule has 132 valence electrons. The zero-order chi connectivity index (χ0) is 18.0. The van der Waals surface area contributed by atoms with Crippen LogP contribution in [0.5, 0.6) is 5.75 Å². The second-order valence-corrected chi connectivity index (χ2v) is 6.72. The molecule has 25 heavy (non-hydrogen) atoms. The van der Waals surface area contributed by atoms with Gasteiger partial charge in [-0.05, 0) is 43.3 Å². The largest absolute Gasteiger partial charge is 0.755 e. The number of rotatable bonds is 5. The molecule has 0 bridgehead atoms. The van der Waals surface area contributed by atoms with E-state index in [9.17, 15) is 13.2 Å². The van der Waals surface area contributed by atoms with Crippen molar-refractivity contribution in [3.63, 3.8) is 0 Å². The van der Waals surface area contributed by atoms with Gasteiger partial charge in [-0.1, -0.05) is 13.3 Å². The molecule has 2 aromatic rings. The van der Waals surface area contributed by atoms with Gasteiger partial charge < -0.3 is 14.0 Å². The summed E-state index contributed by atoms with van der Waals surface area (Å²) >= 11 is -2.41. The fraction of sp³-hybridized carbons (Fsp3) is 0.278. The summed E-state index contributed by atoms with van der Waals surface area (Å²) in [5.41, 5.74) is 1.86. The van der Waals surface area contributed by atoms with E-state index in [1.807, 2.05) is 13.8 Å². The Morgan fingerprint density at radius 1 is 1.28 bits per heavy atom. The molecule has 1 aliphatic heterocycles. The van der Waals surface area contributed by atoms with Gasteiger partial charge in [-0.25, -0.2) is 9.38 Å². The van der Waals surface area contributed by atoms with E-state index in [0.29, 0.717) is 23.6 Å². The third kappa shape index (κ3) is 3.88. The molecule has 0 aliphatic carbocycles. The van der Waals surface area contributed by atoms with E-state index >= 15 is 0 Å². The normalized spacial score (nSPS) is 20.2. The summed E-state index contributed by atoms with van der Waals surface area (Å²) in [6.07, 6.45) is 1.57. The van der Waals surface area contributed by atoms with Crippen LogP contribution in [0, 0.1) is 5.82 Å². The predicted molar refractivity (Wildman–Crippen MR) is 95.0 cm³/mol. The number of hydrogen-bond acceptors (Lipinski definition) is 4. The summed E-state index contributed by atoms with van der Waals surface area (Å²) in [5, 5.41) is 0. The summed E-state index contributed by atoms with van der Waals surface area (Å²) in [6, 6.07) is 11.2. The number of fused-ring (bicyclic) bond motifs is 1. The lowest BCUT2D eigenvalue weighted by Crippen LogP contribution is -2.35. The van der Waals surface area contributed by atoms with E-state index in [1.165, 1.54) is 12.1 Å². The quantitative estimate of drug-likeness (QED) is 0.824. The average Bonchev–Trinajstić information content (AvgIpc) is 2.54. The van der Waals surface area contributed by atoms with Crippen LogP contribution in [-0.4, -0.2) is 20.2 Å². The van der Waals surface area contributed by atoms with Crippen LogP contribution in [0.25, 0.3) is 0 Å². The van der Waals surface area contributed by atoms with E-state index < -0.39 is 17.0 Å². The van der Waals surface area contributed by atoms with E-state index in [2.05, 4.69) is 4.72 Å². The first-order chi connectivity index (χ1) is 11.9. The lowest BCUT2D eigenvalue weighted by Gasteiger charge is -2.33. The third-order valence-electron chi connectivity index (χ3n) is 3.95. The van der Waals surface area contributed by atoms with Crippen LogP contribution < -0.4 is 9.46 Å². The maximum absolute atomic E-state index is 13.3. The predicted octanol–water partition coefficient (Wildman–Crippen LogP) is 3.78. The fourth-order valence-electron chi connectivity index (χ4n) is 2.92. The standard InChI is InChI=1S/C18H19FN2O3S/c1-3-10-18(2)20-17(12-4-6-13(19)7-5-12)15-9-8-14(21-25(22)23)11-16(15)24-18/h4-9,11,21H,3,10H2,1-2H3,(H,22,23)/p-1. The number of hydrogen-bond donors (Lipinski definition) is 1. The smallest absolute Gasteiger partial charge is 0.198 e. The molecule has 0 radical (unpaired) electrons. The summed E-state index contributed by atoms with van der Waals surface area (Å²) in [6.45, 7) is 3.92. The van der Waals surface area contributed by atoms with Crippen molar-refractivity contribution >= 4 is 22.7 Å². The van der Waals surface area contributed by atoms with Crippen LogP contribution >= 0.6 is 0 Å². The van der Waals surface area contributed by atoms with Gasteiger partial charge in [0.25, 0.3) is 0 Å². The van der Waals surface area contributed by atoms with Gasteiger partial charge >= 0.3 is 0 Å². The fourth-order valence-corrected chi connectivity index (χ4v) is 3.24. The van der Waals surface area contributed by atoms with Gasteiger partial charge in [0.2, 0.25) is 0 Å². The number of aliphatic imine (C=N–C) groups is 1. The summed E-state index contributed by atoms with van der Waals surface area (Å²) in [4.78, 5) is 4.77. The van der Waals surface area contributed by atoms with Gasteiger partial charge in [-0.3, -0.25) is 4.21 Å². The van der Waals surface area contributed by atoms with Crippen molar-refractivity contribution in [1.82, 2.24) is 0 Å². The van der Waals surface area contributed by atoms with Crippen LogP contribution in [-0.2, 0) is 11.3 Å². The lowest BCUT2D eigenvalue weighted by molar-refractivity contribution is 0.0840. The van der Waals surface area contributed by atoms with Crippen molar-refractivity contribution in [3.8, 4) is 5.75 Å². The number of nitrogens with zero attached hydrogens (tertiary/aromatic N) is 1. The highest BCUT2D eigenvalue weighted by atomic mass is 32.2. The zero-order valence-electron chi connectivity index (χ0n) is 13.9. The Labute approximate surface area is 148 Å². The summed E-state index contributed by atoms with van der Waals surface area (Å²) in [7, 11) is 0. The molecule has 0 amide bonds. The minimum absolute atomic E-state index is 0.314. The summed E-state index contributed by atoms with van der Waals surface area (Å²) in [5.74, 6) is 0.228. The zero-order valence-corrected chi connectivity index (χ0v) is 14.7. The van der Waals surface area contributed by atoms with Crippen molar-refractivity contribution in [1.29, 1.82) is 0 Å². The first-order valence-electron chi connectivity index (χ1n) is 7.95. The van der Waals surface area contributed by atoms with Gasteiger partial charge in [0.1, 0.15) is 11.6 Å². The van der Waals surface area contributed by atoms with Crippen LogP contribution in [0.4, 0.5) is 10.1 Å². The van der Waals surface area contributed by atoms with Crippen LogP contribution in [0.1, 0.15) is 37.8 Å². The highest BCUT2D eigenvalue weighted by Gasteiger charge is 2.32. The average molecular weight is 361 g/mol. The monoisotopic (exact) mass is 361 g/mol. The Morgan fingerprint density at radius 3 is 2.64 bits per heavy atom. The molecule has 0 fully saturated rings. The molecule has 0 spiro atoms. The maximum Gasteiger partial charge on any atom is 0.198 e. The molecule has 0 saturated heterocycles. The highest BCUT2D eigenvalue weighted by molar-refractivity contribution is 7.80. The van der Waals surface area contributed by atoms with Crippen molar-refractivity contribution in [3.05, 3.63) is 59.4 Å². The van der Waals surface area contributed by atoms with Crippen molar-refractivity contribution < 1.29 is 17.9 Å². The molecule has 2 unspecified atom stereocenters. The molecule has 2 atom stereocenters. The van der Waals surface area contributed by atoms with Gasteiger partial charge in [0.05, 0.1) is 5.71 Å². The van der Waals surface area contributed by atoms with Gasteiger partial charge in [-0.15, -0.1) is 0 Å². The Bertz CT molecular complexity index is 839. The first kappa shape index (κ1) is 17.6. The van der Waals surface area contributed by atoms with Gasteiger partial charge in [0.15, 0.2) is 5.72 Å². The molecular formula is C18H18FN2O3S-. The second kappa shape index (κ2) is 6.93. The first-order valence-corrected chi connectivity index (χ1v) is 9.03. The Morgan fingerprint density at radius 2 is 2.00 bits per heavy atom. The number of ether oxygens (including phenoxy) is 1. The van der Waals surface area contributed by atoms with Crippen LogP contribution in [0.15, 0.2) is 47.5 Å². The summed E-state index contributed by atoms with van der Waals surface area (Å²) < 4.78 is 43.4. The van der Waals surface area contributed by atoms with Crippen LogP contribution in [0.2, 0.25) is 0 Å². The highest BCUT2D eigenvalue weighted by Crippen LogP contribution is 2.36. The lowest BCUT2D eigenvalue weighted by atomic mass is 9.97. The second-order valence-electron chi connectivity index (χ2n) is 6.04. The topological polar surface area (TPSA) is 73.8 Å². The minimum atomic E-state index is -2.41. The molecular weight excluding hydrogens is 343 g/mol. The molecule has 5 nitrogen and oxygen atoms in total. The molecule has 0 aromatic heterocycles. The number of nitrogens with one attached hydrogen (secondary N) is 1.